The molecular weight excluding hydrogens is 256 g/mol. The Morgan fingerprint density at radius 2 is 2.05 bits per heavy atom. The highest BCUT2D eigenvalue weighted by Crippen LogP contribution is 2.16. The Morgan fingerprint density at radius 1 is 1.20 bits per heavy atom. The molecule has 7 nitrogen and oxygen atoms in total. The Morgan fingerprint density at radius 3 is 2.70 bits per heavy atom. The third-order valence-electron chi connectivity index (χ3n) is 2.28. The fourth-order valence-corrected chi connectivity index (χ4v) is 1.46. The van der Waals surface area contributed by atoms with Crippen molar-refractivity contribution in [1.82, 2.24) is 24.9 Å². The van der Waals surface area contributed by atoms with Crippen LogP contribution in [0.1, 0.15) is 27.2 Å². The number of hydrogen-bond acceptors (Lipinski definition) is 7. The zero-order chi connectivity index (χ0) is 14.4. The molecule has 0 aliphatic heterocycles. The van der Waals surface area contributed by atoms with Gasteiger partial charge in [0.1, 0.15) is 5.69 Å². The topological polar surface area (TPSA) is 85.7 Å². The molecule has 0 aliphatic rings. The van der Waals surface area contributed by atoms with Crippen LogP contribution in [-0.2, 0) is 0 Å². The van der Waals surface area contributed by atoms with Crippen LogP contribution in [0.5, 0.6) is 6.01 Å². The number of rotatable bonds is 6. The minimum Gasteiger partial charge on any atom is -0.461 e. The van der Waals surface area contributed by atoms with Gasteiger partial charge in [0.25, 0.3) is 0 Å². The van der Waals surface area contributed by atoms with Crippen molar-refractivity contribution in [1.29, 1.82) is 0 Å². The van der Waals surface area contributed by atoms with Crippen LogP contribution >= 0.6 is 0 Å². The van der Waals surface area contributed by atoms with E-state index < -0.39 is 0 Å². The number of aromatic nitrogens is 5. The summed E-state index contributed by atoms with van der Waals surface area (Å²) in [6, 6.07) is 0.286. The average Bonchev–Trinajstić information content (AvgIpc) is 2.45. The van der Waals surface area contributed by atoms with Gasteiger partial charge in [-0.15, -0.1) is 0 Å². The minimum absolute atomic E-state index is 0.00821. The normalized spacial score (nSPS) is 10.6. The zero-order valence-corrected chi connectivity index (χ0v) is 11.9. The van der Waals surface area contributed by atoms with Crippen molar-refractivity contribution in [2.24, 2.45) is 0 Å². The fourth-order valence-electron chi connectivity index (χ4n) is 1.46. The molecule has 7 heteroatoms. The Bertz CT molecular complexity index is 546. The highest BCUT2D eigenvalue weighted by molar-refractivity contribution is 5.49. The molecule has 0 radical (unpaired) electrons. The molecular formula is C13H18N6O. The van der Waals surface area contributed by atoms with E-state index in [2.05, 4.69) is 37.2 Å². The van der Waals surface area contributed by atoms with E-state index in [4.69, 9.17) is 4.74 Å². The molecule has 1 N–H and O–H groups in total. The minimum atomic E-state index is -0.00821. The summed E-state index contributed by atoms with van der Waals surface area (Å²) in [4.78, 5) is 21.0. The first-order valence-corrected chi connectivity index (χ1v) is 6.62. The molecule has 0 atom stereocenters. The molecule has 0 amide bonds. The lowest BCUT2D eigenvalue weighted by Crippen LogP contribution is -2.12. The summed E-state index contributed by atoms with van der Waals surface area (Å²) in [5.74, 6) is 0.931. The Balaban J connectivity index is 2.34. The molecule has 106 valence electrons. The summed E-state index contributed by atoms with van der Waals surface area (Å²) in [5.41, 5.74) is 0.586. The summed E-state index contributed by atoms with van der Waals surface area (Å²) >= 11 is 0. The van der Waals surface area contributed by atoms with Crippen LogP contribution in [0.2, 0.25) is 0 Å². The van der Waals surface area contributed by atoms with Gasteiger partial charge in [0.2, 0.25) is 5.95 Å². The van der Waals surface area contributed by atoms with Gasteiger partial charge < -0.3 is 10.1 Å². The molecule has 0 aromatic carbocycles. The maximum Gasteiger partial charge on any atom is 0.322 e. The van der Waals surface area contributed by atoms with Crippen molar-refractivity contribution in [3.63, 3.8) is 0 Å². The second-order valence-electron chi connectivity index (χ2n) is 4.45. The average molecular weight is 274 g/mol. The number of ether oxygens (including phenoxy) is 1. The van der Waals surface area contributed by atoms with E-state index in [-0.39, 0.29) is 12.1 Å². The molecule has 20 heavy (non-hydrogen) atoms. The van der Waals surface area contributed by atoms with E-state index in [1.54, 1.807) is 18.6 Å². The van der Waals surface area contributed by atoms with E-state index in [0.717, 1.165) is 13.0 Å². The van der Waals surface area contributed by atoms with E-state index in [9.17, 15) is 0 Å². The molecule has 2 aromatic heterocycles. The second kappa shape index (κ2) is 6.74. The molecule has 0 bridgehead atoms. The first-order valence-electron chi connectivity index (χ1n) is 6.62. The highest BCUT2D eigenvalue weighted by Gasteiger charge is 2.11. The molecule has 0 fully saturated rings. The smallest absolute Gasteiger partial charge is 0.322 e. The second-order valence-corrected chi connectivity index (χ2v) is 4.45. The fraction of sp³-hybridized carbons (Fsp3) is 0.462. The van der Waals surface area contributed by atoms with Gasteiger partial charge in [0.15, 0.2) is 5.82 Å². The van der Waals surface area contributed by atoms with Gasteiger partial charge >= 0.3 is 6.01 Å². The molecule has 0 aliphatic carbocycles. The maximum atomic E-state index is 5.55. The zero-order valence-electron chi connectivity index (χ0n) is 11.9. The summed E-state index contributed by atoms with van der Waals surface area (Å²) in [7, 11) is 0. The van der Waals surface area contributed by atoms with Crippen LogP contribution < -0.4 is 10.1 Å². The summed E-state index contributed by atoms with van der Waals surface area (Å²) < 4.78 is 5.55. The third kappa shape index (κ3) is 3.84. The van der Waals surface area contributed by atoms with E-state index in [1.165, 1.54) is 0 Å². The van der Waals surface area contributed by atoms with E-state index >= 15 is 0 Å². The standard InChI is InChI=1S/C13H18N6O/c1-4-5-16-12-17-11(10-8-14-6-7-15-10)18-13(19-12)20-9(2)3/h6-9H,4-5H2,1-3H3,(H,16,17,18,19). The molecule has 0 saturated carbocycles. The van der Waals surface area contributed by atoms with Crippen molar-refractivity contribution < 1.29 is 4.74 Å². The first kappa shape index (κ1) is 14.1. The summed E-state index contributed by atoms with van der Waals surface area (Å²) in [6.07, 6.45) is 5.78. The van der Waals surface area contributed by atoms with Gasteiger partial charge in [-0.3, -0.25) is 4.98 Å². The highest BCUT2D eigenvalue weighted by atomic mass is 16.5. The van der Waals surface area contributed by atoms with Crippen LogP contribution in [0.15, 0.2) is 18.6 Å². The van der Waals surface area contributed by atoms with Crippen molar-refractivity contribution in [2.75, 3.05) is 11.9 Å². The van der Waals surface area contributed by atoms with E-state index in [0.29, 0.717) is 17.5 Å². The van der Waals surface area contributed by atoms with Crippen molar-refractivity contribution in [2.45, 2.75) is 33.3 Å². The Labute approximate surface area is 117 Å². The first-order chi connectivity index (χ1) is 9.69. The SMILES string of the molecule is CCCNc1nc(OC(C)C)nc(-c2cnccn2)n1. The Kier molecular flexibility index (Phi) is 4.75. The van der Waals surface area contributed by atoms with Gasteiger partial charge in [-0.2, -0.15) is 15.0 Å². The Hall–Kier alpha value is -2.31. The van der Waals surface area contributed by atoms with Crippen LogP contribution in [0, 0.1) is 0 Å². The van der Waals surface area contributed by atoms with Crippen molar-refractivity contribution in [3.05, 3.63) is 18.6 Å². The third-order valence-corrected chi connectivity index (χ3v) is 2.28. The van der Waals surface area contributed by atoms with Gasteiger partial charge in [-0.25, -0.2) is 4.98 Å². The van der Waals surface area contributed by atoms with Gasteiger partial charge in [-0.1, -0.05) is 6.92 Å². The van der Waals surface area contributed by atoms with Gasteiger partial charge in [-0.05, 0) is 20.3 Å². The summed E-state index contributed by atoms with van der Waals surface area (Å²) in [6.45, 7) is 6.70. The predicted molar refractivity (Wildman–Crippen MR) is 75.4 cm³/mol. The van der Waals surface area contributed by atoms with Gasteiger partial charge in [0, 0.05) is 18.9 Å². The van der Waals surface area contributed by atoms with Crippen LogP contribution in [0.25, 0.3) is 11.5 Å². The molecule has 0 spiro atoms. The van der Waals surface area contributed by atoms with Crippen LogP contribution in [0.3, 0.4) is 0 Å². The molecule has 2 aromatic rings. The lowest BCUT2D eigenvalue weighted by atomic mass is 10.4. The number of anilines is 1. The molecule has 2 heterocycles. The predicted octanol–water partition coefficient (Wildman–Crippen LogP) is 1.94. The van der Waals surface area contributed by atoms with Crippen molar-refractivity contribution >= 4 is 5.95 Å². The van der Waals surface area contributed by atoms with Crippen LogP contribution in [-0.4, -0.2) is 37.6 Å². The summed E-state index contributed by atoms with van der Waals surface area (Å²) in [5, 5.41) is 3.13. The quantitative estimate of drug-likeness (QED) is 0.861. The van der Waals surface area contributed by atoms with Gasteiger partial charge in [0.05, 0.1) is 12.3 Å². The van der Waals surface area contributed by atoms with Crippen LogP contribution in [0.4, 0.5) is 5.95 Å². The number of hydrogen-bond donors (Lipinski definition) is 1. The van der Waals surface area contributed by atoms with E-state index in [1.807, 2.05) is 13.8 Å². The van der Waals surface area contributed by atoms with Crippen molar-refractivity contribution in [3.8, 4) is 17.5 Å². The monoisotopic (exact) mass is 274 g/mol. The molecule has 2 rings (SSSR count). The molecule has 0 unspecified atom stereocenters. The lowest BCUT2D eigenvalue weighted by Gasteiger charge is -2.10. The number of nitrogens with one attached hydrogen (secondary N) is 1. The molecule has 0 saturated heterocycles. The largest absolute Gasteiger partial charge is 0.461 e. The number of nitrogens with zero attached hydrogens (tertiary/aromatic N) is 5. The maximum absolute atomic E-state index is 5.55. The lowest BCUT2D eigenvalue weighted by molar-refractivity contribution is 0.222.